The fraction of sp³-hybridized carbons (Fsp3) is 0.487. The number of carbonyl (C=O) groups excluding carboxylic acids is 1. The first-order chi connectivity index (χ1) is 24.7. The molecule has 1 aromatic carbocycles. The van der Waals surface area contributed by atoms with Crippen LogP contribution in [0.25, 0.3) is 0 Å². The second kappa shape index (κ2) is 14.9. The molecule has 0 radical (unpaired) electrons. The van der Waals surface area contributed by atoms with E-state index in [1.165, 1.54) is 12.1 Å². The van der Waals surface area contributed by atoms with Crippen molar-refractivity contribution >= 4 is 11.7 Å². The van der Waals surface area contributed by atoms with Crippen molar-refractivity contribution in [3.63, 3.8) is 0 Å². The summed E-state index contributed by atoms with van der Waals surface area (Å²) in [6, 6.07) is 8.78. The molecule has 268 valence electrons. The molecular formula is C39H45F2N7O3. The molecule has 1 N–H and O–H groups in total. The van der Waals surface area contributed by atoms with Crippen LogP contribution in [-0.2, 0) is 24.3 Å². The van der Waals surface area contributed by atoms with Crippen LogP contribution in [0.5, 0.6) is 11.8 Å². The lowest BCUT2D eigenvalue weighted by molar-refractivity contribution is -0.117. The van der Waals surface area contributed by atoms with E-state index in [4.69, 9.17) is 25.9 Å². The number of fused-ring (bicyclic) bond motifs is 2. The van der Waals surface area contributed by atoms with Crippen LogP contribution in [0.2, 0.25) is 0 Å². The van der Waals surface area contributed by atoms with Gasteiger partial charge in [0, 0.05) is 81.5 Å². The number of benzene rings is 1. The molecule has 3 aromatic rings. The van der Waals surface area contributed by atoms with Crippen molar-refractivity contribution in [3.8, 4) is 24.1 Å². The van der Waals surface area contributed by atoms with Gasteiger partial charge in [0.05, 0.1) is 29.1 Å². The Balaban J connectivity index is 1.20. The normalized spacial score (nSPS) is 25.1. The van der Waals surface area contributed by atoms with Crippen molar-refractivity contribution < 1.29 is 23.0 Å². The topological polar surface area (TPSA) is 96.0 Å². The van der Waals surface area contributed by atoms with E-state index < -0.39 is 17.5 Å². The molecular weight excluding hydrogens is 652 g/mol. The fourth-order valence-electron chi connectivity index (χ4n) is 8.12. The van der Waals surface area contributed by atoms with Gasteiger partial charge >= 0.3 is 6.01 Å². The smallest absolute Gasteiger partial charge is 0.318 e. The molecule has 12 heteroatoms. The first-order valence-electron chi connectivity index (χ1n) is 17.9. The summed E-state index contributed by atoms with van der Waals surface area (Å²) in [6.07, 6.45) is 12.3. The molecule has 7 rings (SSSR count). The van der Waals surface area contributed by atoms with E-state index in [0.717, 1.165) is 48.6 Å². The summed E-state index contributed by atoms with van der Waals surface area (Å²) in [5.41, 5.74) is 3.06. The number of hydrogen-bond donors (Lipinski definition) is 1. The first kappa shape index (κ1) is 34.8. The highest BCUT2D eigenvalue weighted by molar-refractivity contribution is 5.87. The monoisotopic (exact) mass is 697 g/mol. The minimum absolute atomic E-state index is 0.0667. The number of nitrogens with zero attached hydrogens (tertiary/aromatic N) is 6. The van der Waals surface area contributed by atoms with Gasteiger partial charge in [-0.1, -0.05) is 18.6 Å². The van der Waals surface area contributed by atoms with Crippen LogP contribution in [0.4, 0.5) is 14.6 Å². The van der Waals surface area contributed by atoms with Crippen LogP contribution < -0.4 is 19.7 Å². The molecule has 6 heterocycles. The second-order valence-electron chi connectivity index (χ2n) is 14.2. The number of hydrogen-bond acceptors (Lipinski definition) is 9. The number of aromatic nitrogens is 3. The zero-order chi connectivity index (χ0) is 35.5. The highest BCUT2D eigenvalue weighted by atomic mass is 19.1. The number of anilines is 1. The van der Waals surface area contributed by atoms with E-state index in [9.17, 15) is 13.6 Å². The predicted octanol–water partition coefficient (Wildman–Crippen LogP) is 4.92. The van der Waals surface area contributed by atoms with Gasteiger partial charge in [0.2, 0.25) is 5.91 Å². The molecule has 4 atom stereocenters. The van der Waals surface area contributed by atoms with Gasteiger partial charge in [0.15, 0.2) is 0 Å². The number of rotatable bonds is 9. The van der Waals surface area contributed by atoms with Gasteiger partial charge in [-0.15, -0.1) is 6.42 Å². The Morgan fingerprint density at radius 2 is 2.10 bits per heavy atom. The number of amides is 1. The maximum atomic E-state index is 15.0. The largest absolute Gasteiger partial charge is 0.493 e. The number of ether oxygens (including phenoxy) is 2. The third kappa shape index (κ3) is 7.41. The van der Waals surface area contributed by atoms with E-state index in [1.807, 2.05) is 25.1 Å². The van der Waals surface area contributed by atoms with Gasteiger partial charge in [-0.05, 0) is 62.9 Å². The maximum absolute atomic E-state index is 15.0. The number of carbonyl (C=O) groups is 1. The summed E-state index contributed by atoms with van der Waals surface area (Å²) in [5.74, 6) is 3.34. The van der Waals surface area contributed by atoms with Crippen molar-refractivity contribution in [2.45, 2.75) is 82.3 Å². The van der Waals surface area contributed by atoms with E-state index in [1.54, 1.807) is 12.3 Å². The van der Waals surface area contributed by atoms with Crippen LogP contribution in [0.3, 0.4) is 0 Å². The molecule has 1 unspecified atom stereocenters. The third-order valence-corrected chi connectivity index (χ3v) is 10.7. The summed E-state index contributed by atoms with van der Waals surface area (Å²) in [6.45, 7) is 9.65. The molecule has 0 bridgehead atoms. The van der Waals surface area contributed by atoms with Gasteiger partial charge in [0.25, 0.3) is 0 Å². The molecule has 2 fully saturated rings. The molecule has 4 aliphatic rings. The van der Waals surface area contributed by atoms with E-state index in [0.29, 0.717) is 69.9 Å². The zero-order valence-corrected chi connectivity index (χ0v) is 29.1. The molecule has 0 aliphatic carbocycles. The molecule has 10 nitrogen and oxygen atoms in total. The van der Waals surface area contributed by atoms with E-state index >= 15 is 0 Å². The highest BCUT2D eigenvalue weighted by Gasteiger charge is 2.43. The first-order valence-corrected chi connectivity index (χ1v) is 17.9. The van der Waals surface area contributed by atoms with Crippen LogP contribution in [-0.4, -0.2) is 87.8 Å². The minimum atomic E-state index is -0.990. The summed E-state index contributed by atoms with van der Waals surface area (Å²) in [5, 5.41) is 3.09. The number of pyridine rings is 1. The highest BCUT2D eigenvalue weighted by Crippen LogP contribution is 2.42. The number of terminal acetylenes is 1. The fourth-order valence-corrected chi connectivity index (χ4v) is 8.12. The Labute approximate surface area is 298 Å². The molecule has 1 amide bonds. The summed E-state index contributed by atoms with van der Waals surface area (Å²) in [4.78, 5) is 33.4. The molecule has 51 heavy (non-hydrogen) atoms. The van der Waals surface area contributed by atoms with Crippen LogP contribution in [0.1, 0.15) is 73.1 Å². The standard InChI is InChI=1S/C39H45F2N7O3/c1-4-29-31(41)12-13-34-36(29)33(15-19-50-34)46-18-14-30-32(24-46)44-38(45-37(30)47-17-9-7-11-28(22-47)43-35(49)5-2)51-25-39(3)20-26(40)21-48(39)23-27-10-6-8-16-42-27/h1,5-6,8,10,12-13,16,26,28,33H,2,7,9,11,14-15,17-25H2,3H3,(H,43,49)/t26-,28?,33+,39+/m1/s1. The Kier molecular flexibility index (Phi) is 10.2. The zero-order valence-electron chi connectivity index (χ0n) is 29.1. The van der Waals surface area contributed by atoms with Crippen molar-refractivity contribution in [3.05, 3.63) is 83.1 Å². The van der Waals surface area contributed by atoms with E-state index in [2.05, 4.69) is 37.5 Å². The summed E-state index contributed by atoms with van der Waals surface area (Å²) < 4.78 is 42.3. The van der Waals surface area contributed by atoms with Gasteiger partial charge < -0.3 is 19.7 Å². The quantitative estimate of drug-likeness (QED) is 0.247. The average molecular weight is 698 g/mol. The lowest BCUT2D eigenvalue weighted by Crippen LogP contribution is -2.46. The van der Waals surface area contributed by atoms with Crippen molar-refractivity contribution in [1.29, 1.82) is 0 Å². The predicted molar refractivity (Wildman–Crippen MR) is 190 cm³/mol. The van der Waals surface area contributed by atoms with Gasteiger partial charge in [-0.2, -0.15) is 9.97 Å². The van der Waals surface area contributed by atoms with Crippen molar-refractivity contribution in [2.24, 2.45) is 0 Å². The Morgan fingerprint density at radius 3 is 2.90 bits per heavy atom. The Morgan fingerprint density at radius 1 is 1.22 bits per heavy atom. The number of alkyl halides is 1. The van der Waals surface area contributed by atoms with Crippen LogP contribution >= 0.6 is 0 Å². The molecule has 2 aromatic heterocycles. The van der Waals surface area contributed by atoms with Crippen LogP contribution in [0, 0.1) is 18.2 Å². The lowest BCUT2D eigenvalue weighted by Gasteiger charge is -2.40. The van der Waals surface area contributed by atoms with Crippen LogP contribution in [0.15, 0.2) is 49.2 Å². The Bertz CT molecular complexity index is 1800. The average Bonchev–Trinajstić information content (AvgIpc) is 3.26. The molecule has 4 aliphatic heterocycles. The number of likely N-dealkylation sites (tertiary alicyclic amines) is 1. The van der Waals surface area contributed by atoms with E-state index in [-0.39, 0.29) is 36.2 Å². The lowest BCUT2D eigenvalue weighted by atomic mass is 9.91. The number of nitrogens with one attached hydrogen (secondary N) is 1. The molecule has 0 saturated carbocycles. The minimum Gasteiger partial charge on any atom is -0.493 e. The maximum Gasteiger partial charge on any atom is 0.318 e. The van der Waals surface area contributed by atoms with Gasteiger partial charge in [-0.25, -0.2) is 8.78 Å². The summed E-state index contributed by atoms with van der Waals surface area (Å²) >= 11 is 0. The van der Waals surface area contributed by atoms with Crippen molar-refractivity contribution in [2.75, 3.05) is 44.3 Å². The summed E-state index contributed by atoms with van der Waals surface area (Å²) in [7, 11) is 0. The van der Waals surface area contributed by atoms with Crippen molar-refractivity contribution in [1.82, 2.24) is 30.1 Å². The van der Waals surface area contributed by atoms with Gasteiger partial charge in [0.1, 0.15) is 30.2 Å². The molecule has 0 spiro atoms. The molecule has 2 saturated heterocycles. The third-order valence-electron chi connectivity index (χ3n) is 10.7. The SMILES string of the molecule is C#Cc1c(F)ccc2c1[C@@H](N1CCc3c(nc(OC[C@]4(C)C[C@@H](F)CN4Cc4ccccn4)nc3N3CCCCC(NC(=O)C=C)C3)C1)CCO2. The second-order valence-corrected chi connectivity index (χ2v) is 14.2. The number of halogens is 2. The Hall–Kier alpha value is -4.60. The van der Waals surface area contributed by atoms with Gasteiger partial charge in [-0.3, -0.25) is 19.6 Å².